The molecule has 1 heterocycles. The Balaban J connectivity index is 1.66. The van der Waals surface area contributed by atoms with E-state index in [1.165, 1.54) is 0 Å². The minimum Gasteiger partial charge on any atom is -0.379 e. The first-order chi connectivity index (χ1) is 12.5. The molecule has 0 aromatic heterocycles. The highest BCUT2D eigenvalue weighted by Gasteiger charge is 2.28. The highest BCUT2D eigenvalue weighted by atomic mass is 16.5. The maximum atomic E-state index is 12.1. The van der Waals surface area contributed by atoms with Crippen LogP contribution in [0.15, 0.2) is 24.3 Å². The third kappa shape index (κ3) is 4.95. The van der Waals surface area contributed by atoms with Crippen LogP contribution in [-0.2, 0) is 14.3 Å². The number of morpholine rings is 1. The first kappa shape index (κ1) is 18.7. The van der Waals surface area contributed by atoms with E-state index in [0.29, 0.717) is 19.8 Å². The second kappa shape index (κ2) is 8.51. The van der Waals surface area contributed by atoms with E-state index in [4.69, 9.17) is 4.74 Å². The van der Waals surface area contributed by atoms with Crippen molar-refractivity contribution in [3.63, 3.8) is 0 Å². The van der Waals surface area contributed by atoms with Gasteiger partial charge in [-0.3, -0.25) is 14.5 Å². The average molecular weight is 360 g/mol. The summed E-state index contributed by atoms with van der Waals surface area (Å²) in [6, 6.07) is 8.53. The fourth-order valence-corrected chi connectivity index (χ4v) is 3.09. The third-order valence-electron chi connectivity index (χ3n) is 4.86. The Morgan fingerprint density at radius 2 is 1.81 bits per heavy atom. The molecule has 142 valence electrons. The quantitative estimate of drug-likeness (QED) is 0.724. The van der Waals surface area contributed by atoms with Gasteiger partial charge in [-0.1, -0.05) is 12.1 Å². The van der Waals surface area contributed by atoms with E-state index in [9.17, 15) is 9.59 Å². The highest BCUT2D eigenvalue weighted by Crippen LogP contribution is 2.24. The number of carbonyl (C=O) groups is 2. The van der Waals surface area contributed by atoms with Crippen molar-refractivity contribution in [2.45, 2.75) is 24.9 Å². The van der Waals surface area contributed by atoms with Crippen LogP contribution in [0.3, 0.4) is 0 Å². The first-order valence-corrected chi connectivity index (χ1v) is 9.22. The van der Waals surface area contributed by atoms with Gasteiger partial charge in [0.2, 0.25) is 0 Å². The minimum absolute atomic E-state index is 0.0211. The van der Waals surface area contributed by atoms with Gasteiger partial charge in [-0.15, -0.1) is 0 Å². The molecule has 2 aliphatic rings. The topological polar surface area (TPSA) is 73.9 Å². The van der Waals surface area contributed by atoms with Crippen molar-refractivity contribution in [3.05, 3.63) is 29.8 Å². The van der Waals surface area contributed by atoms with Gasteiger partial charge in [-0.2, -0.15) is 0 Å². The number of benzene rings is 1. The predicted octanol–water partition coefficient (Wildman–Crippen LogP) is 0.521. The zero-order valence-corrected chi connectivity index (χ0v) is 15.5. The molecular weight excluding hydrogens is 332 g/mol. The molecular formula is C19H28N4O3. The van der Waals surface area contributed by atoms with Crippen LogP contribution in [0.1, 0.15) is 24.4 Å². The molecule has 1 saturated carbocycles. The molecule has 26 heavy (non-hydrogen) atoms. The van der Waals surface area contributed by atoms with Crippen LogP contribution in [0.5, 0.6) is 0 Å². The van der Waals surface area contributed by atoms with Gasteiger partial charge in [0.05, 0.1) is 19.3 Å². The summed E-state index contributed by atoms with van der Waals surface area (Å²) >= 11 is 0. The summed E-state index contributed by atoms with van der Waals surface area (Å²) < 4.78 is 5.45. The van der Waals surface area contributed by atoms with Crippen LogP contribution >= 0.6 is 0 Å². The van der Waals surface area contributed by atoms with Crippen LogP contribution in [-0.4, -0.2) is 69.7 Å². The smallest absolute Gasteiger partial charge is 0.309 e. The first-order valence-electron chi connectivity index (χ1n) is 9.22. The molecule has 0 bridgehead atoms. The van der Waals surface area contributed by atoms with E-state index < -0.39 is 11.8 Å². The van der Waals surface area contributed by atoms with E-state index in [2.05, 4.69) is 44.7 Å². The van der Waals surface area contributed by atoms with E-state index in [-0.39, 0.29) is 12.1 Å². The SMILES string of the molecule is CN(C)c1ccc([C@H](CNC(=O)C(=O)NC2CC2)N2CCOCC2)cc1. The van der Waals surface area contributed by atoms with Crippen molar-refractivity contribution in [2.75, 3.05) is 51.8 Å². The molecule has 7 heteroatoms. The monoisotopic (exact) mass is 360 g/mol. The maximum absolute atomic E-state index is 12.1. The van der Waals surface area contributed by atoms with Gasteiger partial charge in [-0.25, -0.2) is 0 Å². The summed E-state index contributed by atoms with van der Waals surface area (Å²) in [6.07, 6.45) is 1.93. The Kier molecular flexibility index (Phi) is 6.11. The molecule has 1 atom stereocenters. The molecule has 0 unspecified atom stereocenters. The molecule has 1 aromatic rings. The molecule has 2 N–H and O–H groups in total. The summed E-state index contributed by atoms with van der Waals surface area (Å²) in [5.74, 6) is -1.09. The number of hydrogen-bond donors (Lipinski definition) is 2. The molecule has 1 aliphatic carbocycles. The summed E-state index contributed by atoms with van der Waals surface area (Å²) in [7, 11) is 4.01. The fraction of sp³-hybridized carbons (Fsp3) is 0.579. The normalized spacial score (nSPS) is 18.8. The maximum Gasteiger partial charge on any atom is 0.309 e. The van der Waals surface area contributed by atoms with Gasteiger partial charge in [0.25, 0.3) is 0 Å². The predicted molar refractivity (Wildman–Crippen MR) is 100 cm³/mol. The molecule has 0 radical (unpaired) electrons. The Bertz CT molecular complexity index is 622. The summed E-state index contributed by atoms with van der Waals surface area (Å²) in [5.41, 5.74) is 2.25. The molecule has 7 nitrogen and oxygen atoms in total. The summed E-state index contributed by atoms with van der Waals surface area (Å²) in [4.78, 5) is 28.3. The highest BCUT2D eigenvalue weighted by molar-refractivity contribution is 6.35. The Morgan fingerprint density at radius 3 is 2.38 bits per heavy atom. The lowest BCUT2D eigenvalue weighted by atomic mass is 10.0. The third-order valence-corrected chi connectivity index (χ3v) is 4.86. The van der Waals surface area contributed by atoms with Crippen molar-refractivity contribution >= 4 is 17.5 Å². The van der Waals surface area contributed by atoms with Crippen molar-refractivity contribution in [1.82, 2.24) is 15.5 Å². The van der Waals surface area contributed by atoms with E-state index in [1.807, 2.05) is 14.1 Å². The minimum atomic E-state index is -0.555. The molecule has 2 fully saturated rings. The van der Waals surface area contributed by atoms with Crippen LogP contribution in [0, 0.1) is 0 Å². The van der Waals surface area contributed by atoms with Crippen LogP contribution in [0.25, 0.3) is 0 Å². The molecule has 1 aliphatic heterocycles. The van der Waals surface area contributed by atoms with Crippen molar-refractivity contribution in [2.24, 2.45) is 0 Å². The lowest BCUT2D eigenvalue weighted by Gasteiger charge is -2.35. The number of hydrogen-bond acceptors (Lipinski definition) is 5. The van der Waals surface area contributed by atoms with Crippen LogP contribution < -0.4 is 15.5 Å². The molecule has 2 amide bonds. The lowest BCUT2D eigenvalue weighted by Crippen LogP contribution is -2.47. The largest absolute Gasteiger partial charge is 0.379 e. The van der Waals surface area contributed by atoms with Gasteiger partial charge in [-0.05, 0) is 30.5 Å². The van der Waals surface area contributed by atoms with E-state index in [1.54, 1.807) is 0 Å². The number of carbonyl (C=O) groups excluding carboxylic acids is 2. The van der Waals surface area contributed by atoms with Crippen molar-refractivity contribution < 1.29 is 14.3 Å². The van der Waals surface area contributed by atoms with Crippen molar-refractivity contribution in [3.8, 4) is 0 Å². The lowest BCUT2D eigenvalue weighted by molar-refractivity contribution is -0.139. The van der Waals surface area contributed by atoms with Crippen LogP contribution in [0.4, 0.5) is 5.69 Å². The number of rotatable bonds is 6. The second-order valence-electron chi connectivity index (χ2n) is 7.11. The van der Waals surface area contributed by atoms with Crippen LogP contribution in [0.2, 0.25) is 0 Å². The Morgan fingerprint density at radius 1 is 1.15 bits per heavy atom. The van der Waals surface area contributed by atoms with E-state index in [0.717, 1.165) is 37.2 Å². The van der Waals surface area contributed by atoms with Gasteiger partial charge in [0.15, 0.2) is 0 Å². The molecule has 3 rings (SSSR count). The number of ether oxygens (including phenoxy) is 1. The Labute approximate surface area is 154 Å². The standard InChI is InChI=1S/C19H28N4O3/c1-22(2)16-7-3-14(4-8-16)17(23-9-11-26-12-10-23)13-20-18(24)19(25)21-15-5-6-15/h3-4,7-8,15,17H,5-6,9-13H2,1-2H3,(H,20,24)(H,21,25)/t17-/m0/s1. The van der Waals surface area contributed by atoms with Gasteiger partial charge < -0.3 is 20.3 Å². The van der Waals surface area contributed by atoms with Crippen molar-refractivity contribution in [1.29, 1.82) is 0 Å². The number of anilines is 1. The molecule has 1 aromatic carbocycles. The van der Waals surface area contributed by atoms with Gasteiger partial charge in [0, 0.05) is 45.5 Å². The number of nitrogens with one attached hydrogen (secondary N) is 2. The van der Waals surface area contributed by atoms with Gasteiger partial charge in [0.1, 0.15) is 0 Å². The average Bonchev–Trinajstić information content (AvgIpc) is 3.47. The zero-order valence-electron chi connectivity index (χ0n) is 15.5. The molecule has 0 spiro atoms. The molecule has 1 saturated heterocycles. The van der Waals surface area contributed by atoms with E-state index >= 15 is 0 Å². The zero-order chi connectivity index (χ0) is 18.5. The number of amides is 2. The Hall–Kier alpha value is -2.12. The number of nitrogens with zero attached hydrogens (tertiary/aromatic N) is 2. The second-order valence-corrected chi connectivity index (χ2v) is 7.11. The summed E-state index contributed by atoms with van der Waals surface area (Å²) in [5, 5.41) is 5.53. The fourth-order valence-electron chi connectivity index (χ4n) is 3.09. The van der Waals surface area contributed by atoms with Gasteiger partial charge >= 0.3 is 11.8 Å². The summed E-state index contributed by atoms with van der Waals surface area (Å²) in [6.45, 7) is 3.39.